The standard InChI is InChI=1S/C17H17ClN6O2S/c18-14-4-1-2-5-15(14)27(25,26)23-12-10-22(11-13-23)16-6-7-17(21-20-16)24-9-3-8-19-24/h1-9H,10-13H2. The highest BCUT2D eigenvalue weighted by Crippen LogP contribution is 2.25. The normalized spacial score (nSPS) is 15.8. The summed E-state index contributed by atoms with van der Waals surface area (Å²) in [6.07, 6.45) is 3.47. The third-order valence-corrected chi connectivity index (χ3v) is 6.79. The predicted molar refractivity (Wildman–Crippen MR) is 102 cm³/mol. The van der Waals surface area contributed by atoms with Crippen LogP contribution in [-0.2, 0) is 10.0 Å². The Morgan fingerprint density at radius 1 is 0.889 bits per heavy atom. The van der Waals surface area contributed by atoms with Gasteiger partial charge in [0.05, 0.1) is 5.02 Å². The molecule has 3 heterocycles. The topological polar surface area (TPSA) is 84.2 Å². The van der Waals surface area contributed by atoms with Gasteiger partial charge in [0.15, 0.2) is 11.6 Å². The molecule has 0 aliphatic carbocycles. The van der Waals surface area contributed by atoms with Crippen LogP contribution in [0.5, 0.6) is 0 Å². The van der Waals surface area contributed by atoms with Gasteiger partial charge in [-0.2, -0.15) is 9.40 Å². The van der Waals surface area contributed by atoms with E-state index in [0.29, 0.717) is 37.8 Å². The summed E-state index contributed by atoms with van der Waals surface area (Å²) in [6, 6.07) is 12.0. The number of rotatable bonds is 4. The molecule has 2 aromatic heterocycles. The summed E-state index contributed by atoms with van der Waals surface area (Å²) in [4.78, 5) is 2.15. The number of halogens is 1. The summed E-state index contributed by atoms with van der Waals surface area (Å²) >= 11 is 6.07. The van der Waals surface area contributed by atoms with E-state index in [1.807, 2.05) is 23.1 Å². The molecular formula is C17H17ClN6O2S. The molecule has 0 saturated carbocycles. The summed E-state index contributed by atoms with van der Waals surface area (Å²) in [6.45, 7) is 1.77. The third-order valence-electron chi connectivity index (χ3n) is 4.39. The summed E-state index contributed by atoms with van der Waals surface area (Å²) in [5.74, 6) is 1.34. The molecule has 10 heteroatoms. The van der Waals surface area contributed by atoms with Gasteiger partial charge in [-0.3, -0.25) is 0 Å². The van der Waals surface area contributed by atoms with Gasteiger partial charge in [-0.1, -0.05) is 23.7 Å². The van der Waals surface area contributed by atoms with Crippen molar-refractivity contribution in [3.63, 3.8) is 0 Å². The van der Waals surface area contributed by atoms with Gasteiger partial charge in [0.2, 0.25) is 10.0 Å². The average Bonchev–Trinajstić information content (AvgIpc) is 3.23. The fraction of sp³-hybridized carbons (Fsp3) is 0.235. The van der Waals surface area contributed by atoms with Crippen LogP contribution in [-0.4, -0.2) is 58.9 Å². The van der Waals surface area contributed by atoms with E-state index in [1.54, 1.807) is 35.3 Å². The Kier molecular flexibility index (Phi) is 4.81. The van der Waals surface area contributed by atoms with E-state index in [-0.39, 0.29) is 9.92 Å². The van der Waals surface area contributed by atoms with Crippen LogP contribution in [0.2, 0.25) is 5.02 Å². The van der Waals surface area contributed by atoms with Gasteiger partial charge < -0.3 is 4.90 Å². The van der Waals surface area contributed by atoms with E-state index in [0.717, 1.165) is 0 Å². The van der Waals surface area contributed by atoms with Crippen LogP contribution in [0.15, 0.2) is 59.8 Å². The minimum absolute atomic E-state index is 0.142. The Morgan fingerprint density at radius 3 is 2.22 bits per heavy atom. The van der Waals surface area contributed by atoms with Crippen LogP contribution < -0.4 is 4.90 Å². The smallest absolute Gasteiger partial charge is 0.244 e. The van der Waals surface area contributed by atoms with Gasteiger partial charge >= 0.3 is 0 Å². The largest absolute Gasteiger partial charge is 0.352 e. The molecule has 0 bridgehead atoms. The molecule has 1 fully saturated rings. The molecule has 1 aliphatic heterocycles. The minimum atomic E-state index is -3.61. The predicted octanol–water partition coefficient (Wildman–Crippen LogP) is 1.83. The number of sulfonamides is 1. The second-order valence-electron chi connectivity index (χ2n) is 6.02. The zero-order valence-corrected chi connectivity index (χ0v) is 15.9. The van der Waals surface area contributed by atoms with Crippen LogP contribution in [0.25, 0.3) is 5.82 Å². The summed E-state index contributed by atoms with van der Waals surface area (Å²) in [7, 11) is -3.61. The molecule has 0 N–H and O–H groups in total. The second kappa shape index (κ2) is 7.26. The molecule has 1 aromatic carbocycles. The van der Waals surface area contributed by atoms with E-state index in [4.69, 9.17) is 11.6 Å². The Balaban J connectivity index is 1.45. The lowest BCUT2D eigenvalue weighted by Gasteiger charge is -2.34. The van der Waals surface area contributed by atoms with Crippen molar-refractivity contribution in [3.05, 3.63) is 59.9 Å². The maximum atomic E-state index is 12.8. The number of benzene rings is 1. The zero-order chi connectivity index (χ0) is 18.9. The van der Waals surface area contributed by atoms with E-state index < -0.39 is 10.0 Å². The van der Waals surface area contributed by atoms with E-state index in [9.17, 15) is 8.42 Å². The SMILES string of the molecule is O=S(=O)(c1ccccc1Cl)N1CCN(c2ccc(-n3cccn3)nn2)CC1. The lowest BCUT2D eigenvalue weighted by molar-refractivity contribution is 0.383. The Hall–Kier alpha value is -2.49. The molecule has 27 heavy (non-hydrogen) atoms. The van der Waals surface area contributed by atoms with Crippen LogP contribution in [0.1, 0.15) is 0 Å². The highest BCUT2D eigenvalue weighted by Gasteiger charge is 2.30. The minimum Gasteiger partial charge on any atom is -0.352 e. The molecule has 0 unspecified atom stereocenters. The van der Waals surface area contributed by atoms with Crippen LogP contribution in [0.4, 0.5) is 5.82 Å². The first-order chi connectivity index (χ1) is 13.1. The van der Waals surface area contributed by atoms with Crippen LogP contribution >= 0.6 is 11.6 Å². The van der Waals surface area contributed by atoms with Gasteiger partial charge in [-0.25, -0.2) is 13.1 Å². The zero-order valence-electron chi connectivity index (χ0n) is 14.3. The van der Waals surface area contributed by atoms with Crippen molar-refractivity contribution in [2.24, 2.45) is 0 Å². The quantitative estimate of drug-likeness (QED) is 0.659. The van der Waals surface area contributed by atoms with Crippen LogP contribution in [0.3, 0.4) is 0 Å². The molecule has 140 valence electrons. The molecule has 1 saturated heterocycles. The molecular weight excluding hydrogens is 388 g/mol. The van der Waals surface area contributed by atoms with Crippen molar-refractivity contribution in [3.8, 4) is 5.82 Å². The van der Waals surface area contributed by atoms with E-state index in [2.05, 4.69) is 15.3 Å². The maximum absolute atomic E-state index is 12.8. The fourth-order valence-electron chi connectivity index (χ4n) is 2.96. The molecule has 4 rings (SSSR count). The van der Waals surface area contributed by atoms with Gasteiger partial charge in [-0.15, -0.1) is 10.2 Å². The average molecular weight is 405 g/mol. The summed E-state index contributed by atoms with van der Waals surface area (Å²) in [5.41, 5.74) is 0. The van der Waals surface area contributed by atoms with Gasteiger partial charge in [0.25, 0.3) is 0 Å². The number of hydrogen-bond acceptors (Lipinski definition) is 6. The number of aromatic nitrogens is 4. The third kappa shape index (κ3) is 3.53. The van der Waals surface area contributed by atoms with Crippen LogP contribution in [0, 0.1) is 0 Å². The molecule has 8 nitrogen and oxygen atoms in total. The summed E-state index contributed by atoms with van der Waals surface area (Å²) < 4.78 is 28.7. The van der Waals surface area contributed by atoms with Crippen molar-refractivity contribution in [2.75, 3.05) is 31.1 Å². The highest BCUT2D eigenvalue weighted by atomic mass is 35.5. The first-order valence-corrected chi connectivity index (χ1v) is 10.2. The number of hydrogen-bond donors (Lipinski definition) is 0. The van der Waals surface area contributed by atoms with Gasteiger partial charge in [0.1, 0.15) is 4.90 Å². The van der Waals surface area contributed by atoms with Gasteiger partial charge in [0, 0.05) is 38.6 Å². The fourth-order valence-corrected chi connectivity index (χ4v) is 4.88. The van der Waals surface area contributed by atoms with E-state index >= 15 is 0 Å². The first kappa shape index (κ1) is 17.9. The van der Waals surface area contributed by atoms with Crippen molar-refractivity contribution < 1.29 is 8.42 Å². The Labute approximate surface area is 162 Å². The van der Waals surface area contributed by atoms with Crippen molar-refractivity contribution >= 4 is 27.4 Å². The number of piperazine rings is 1. The lowest BCUT2D eigenvalue weighted by Crippen LogP contribution is -2.49. The molecule has 0 amide bonds. The lowest BCUT2D eigenvalue weighted by atomic mass is 10.3. The second-order valence-corrected chi connectivity index (χ2v) is 8.34. The molecule has 0 spiro atoms. The summed E-state index contributed by atoms with van der Waals surface area (Å²) in [5, 5.41) is 12.8. The molecule has 3 aromatic rings. The Morgan fingerprint density at radius 2 is 1.59 bits per heavy atom. The first-order valence-electron chi connectivity index (χ1n) is 8.39. The monoisotopic (exact) mass is 404 g/mol. The number of nitrogens with zero attached hydrogens (tertiary/aromatic N) is 6. The molecule has 1 aliphatic rings. The van der Waals surface area contributed by atoms with Crippen molar-refractivity contribution in [1.82, 2.24) is 24.3 Å². The van der Waals surface area contributed by atoms with Gasteiger partial charge in [-0.05, 0) is 30.3 Å². The highest BCUT2D eigenvalue weighted by molar-refractivity contribution is 7.89. The number of anilines is 1. The molecule has 0 radical (unpaired) electrons. The molecule has 0 atom stereocenters. The van der Waals surface area contributed by atoms with Crippen molar-refractivity contribution in [2.45, 2.75) is 4.90 Å². The Bertz CT molecular complexity index is 1020. The van der Waals surface area contributed by atoms with E-state index in [1.165, 1.54) is 10.4 Å². The maximum Gasteiger partial charge on any atom is 0.244 e. The van der Waals surface area contributed by atoms with Crippen molar-refractivity contribution in [1.29, 1.82) is 0 Å².